The molecule has 4 rings (SSSR count). The minimum Gasteiger partial charge on any atom is -0.319 e. The van der Waals surface area contributed by atoms with E-state index in [1.165, 1.54) is 5.56 Å². The average molecular weight is 439 g/mol. The molecular weight excluding hydrogens is 410 g/mol. The quantitative estimate of drug-likeness (QED) is 0.176. The first-order valence-corrected chi connectivity index (χ1v) is 10.9. The lowest BCUT2D eigenvalue weighted by Gasteiger charge is -2.02. The summed E-state index contributed by atoms with van der Waals surface area (Å²) in [5.74, 6) is 0. The number of benzene rings is 3. The van der Waals surface area contributed by atoms with Crippen molar-refractivity contribution in [1.29, 1.82) is 0 Å². The van der Waals surface area contributed by atoms with Gasteiger partial charge >= 0.3 is 0 Å². The second-order valence-electron chi connectivity index (χ2n) is 7.63. The number of rotatable bonds is 7. The van der Waals surface area contributed by atoms with Gasteiger partial charge in [-0.25, -0.2) is 0 Å². The third-order valence-electron chi connectivity index (χ3n) is 5.20. The summed E-state index contributed by atoms with van der Waals surface area (Å²) in [6, 6.07) is 26.1. The zero-order valence-electron chi connectivity index (χ0n) is 19.1. The third kappa shape index (κ3) is 5.71. The van der Waals surface area contributed by atoms with Crippen LogP contribution in [0, 0.1) is 0 Å². The lowest BCUT2D eigenvalue weighted by atomic mass is 10.2. The second kappa shape index (κ2) is 10.4. The van der Waals surface area contributed by atoms with Crippen molar-refractivity contribution in [3.8, 4) is 0 Å². The van der Waals surface area contributed by atoms with Crippen LogP contribution in [-0.2, 0) is 14.1 Å². The van der Waals surface area contributed by atoms with Gasteiger partial charge < -0.3 is 9.13 Å². The minimum absolute atomic E-state index is 0.779. The highest BCUT2D eigenvalue weighted by Crippen LogP contribution is 2.22. The van der Waals surface area contributed by atoms with Gasteiger partial charge in [0.15, 0.2) is 6.21 Å². The van der Waals surface area contributed by atoms with E-state index in [2.05, 4.69) is 62.7 Å². The van der Waals surface area contributed by atoms with E-state index in [0.29, 0.717) is 0 Å². The third-order valence-corrected chi connectivity index (χ3v) is 5.20. The Hall–Kier alpha value is -4.26. The standard InChI is InChI=1S/C26H28N7/c1-4-33(20-21-8-6-5-7-9-21)25-16-14-24(15-17-25)28-27-22-10-12-23(13-11-22)29-30-26-31(2)18-19-32(26)3/h5-20,29H,4H2,1-3H3/q+1. The van der Waals surface area contributed by atoms with Gasteiger partial charge in [0.05, 0.1) is 17.1 Å². The van der Waals surface area contributed by atoms with E-state index in [-0.39, 0.29) is 0 Å². The SMILES string of the molecule is CC[N+](=Cc1ccccc1)c1ccc(N=Nc2ccc(NN=c3n(C)ccn3C)cc2)cc1. The zero-order chi connectivity index (χ0) is 23.0. The van der Waals surface area contributed by atoms with Crippen LogP contribution in [0.25, 0.3) is 0 Å². The summed E-state index contributed by atoms with van der Waals surface area (Å²) in [7, 11) is 3.91. The molecule has 0 unspecified atom stereocenters. The van der Waals surface area contributed by atoms with Crippen molar-refractivity contribution in [3.63, 3.8) is 0 Å². The Balaban J connectivity index is 1.42. The highest BCUT2D eigenvalue weighted by atomic mass is 15.3. The van der Waals surface area contributed by atoms with Gasteiger partial charge in [-0.2, -0.15) is 14.8 Å². The van der Waals surface area contributed by atoms with E-state index in [1.807, 2.05) is 90.2 Å². The summed E-state index contributed by atoms with van der Waals surface area (Å²) in [6.07, 6.45) is 6.06. The molecule has 4 aromatic rings. The van der Waals surface area contributed by atoms with Gasteiger partial charge in [0.25, 0.3) is 0 Å². The Kier molecular flexibility index (Phi) is 6.90. The van der Waals surface area contributed by atoms with Crippen molar-refractivity contribution >= 4 is 29.0 Å². The molecule has 1 heterocycles. The number of aromatic nitrogens is 2. The predicted molar refractivity (Wildman–Crippen MR) is 133 cm³/mol. The van der Waals surface area contributed by atoms with Crippen LogP contribution in [0.5, 0.6) is 0 Å². The predicted octanol–water partition coefficient (Wildman–Crippen LogP) is 5.49. The van der Waals surface area contributed by atoms with Crippen molar-refractivity contribution in [1.82, 2.24) is 9.13 Å². The number of azo groups is 1. The molecule has 33 heavy (non-hydrogen) atoms. The van der Waals surface area contributed by atoms with Crippen LogP contribution >= 0.6 is 0 Å². The number of nitrogens with one attached hydrogen (secondary N) is 1. The highest BCUT2D eigenvalue weighted by Gasteiger charge is 2.07. The molecular formula is C26H28N7+. The Morgan fingerprint density at radius 2 is 1.36 bits per heavy atom. The van der Waals surface area contributed by atoms with Crippen LogP contribution < -0.4 is 11.0 Å². The fraction of sp³-hybridized carbons (Fsp3) is 0.154. The van der Waals surface area contributed by atoms with Gasteiger partial charge in [-0.1, -0.05) is 18.2 Å². The van der Waals surface area contributed by atoms with E-state index >= 15 is 0 Å². The Labute approximate surface area is 193 Å². The summed E-state index contributed by atoms with van der Waals surface area (Å²) in [6.45, 7) is 3.02. The Morgan fingerprint density at radius 3 is 1.94 bits per heavy atom. The number of aryl methyl sites for hydroxylation is 2. The number of anilines is 1. The van der Waals surface area contributed by atoms with Crippen molar-refractivity contribution in [2.75, 3.05) is 12.0 Å². The van der Waals surface area contributed by atoms with Crippen molar-refractivity contribution in [3.05, 3.63) is 102 Å². The Bertz CT molecular complexity index is 1290. The molecule has 7 nitrogen and oxygen atoms in total. The van der Waals surface area contributed by atoms with Crippen molar-refractivity contribution in [2.24, 2.45) is 29.4 Å². The first-order chi connectivity index (χ1) is 16.1. The molecule has 0 aliphatic heterocycles. The maximum Gasteiger partial charge on any atom is 0.226 e. The van der Waals surface area contributed by atoms with Gasteiger partial charge in [-0.05, 0) is 55.5 Å². The molecule has 0 aliphatic carbocycles. The molecule has 1 N–H and O–H groups in total. The second-order valence-corrected chi connectivity index (χ2v) is 7.63. The average Bonchev–Trinajstić information content (AvgIpc) is 3.18. The summed E-state index contributed by atoms with van der Waals surface area (Å²) < 4.78 is 6.10. The maximum atomic E-state index is 4.43. The van der Waals surface area contributed by atoms with Crippen molar-refractivity contribution in [2.45, 2.75) is 6.92 Å². The molecule has 166 valence electrons. The van der Waals surface area contributed by atoms with Gasteiger partial charge in [0, 0.05) is 44.2 Å². The number of nitrogens with zero attached hydrogens (tertiary/aromatic N) is 6. The maximum absolute atomic E-state index is 4.43. The van der Waals surface area contributed by atoms with E-state index in [4.69, 9.17) is 0 Å². The van der Waals surface area contributed by atoms with Crippen LogP contribution in [0.2, 0.25) is 0 Å². The molecule has 7 heteroatoms. The molecule has 1 aromatic heterocycles. The van der Waals surface area contributed by atoms with E-state index in [9.17, 15) is 0 Å². The monoisotopic (exact) mass is 438 g/mol. The summed E-state index contributed by atoms with van der Waals surface area (Å²) in [4.78, 5) is 0. The van der Waals surface area contributed by atoms with Gasteiger partial charge in [0.1, 0.15) is 6.54 Å². The van der Waals surface area contributed by atoms with Gasteiger partial charge in [-0.15, -0.1) is 5.10 Å². The molecule has 0 saturated carbocycles. The first kappa shape index (κ1) is 22.0. The fourth-order valence-electron chi connectivity index (χ4n) is 3.35. The molecule has 0 saturated heterocycles. The molecule has 0 atom stereocenters. The largest absolute Gasteiger partial charge is 0.319 e. The highest BCUT2D eigenvalue weighted by molar-refractivity contribution is 5.76. The number of imidazole rings is 1. The van der Waals surface area contributed by atoms with Crippen LogP contribution in [0.15, 0.2) is 107 Å². The zero-order valence-corrected chi connectivity index (χ0v) is 19.1. The molecule has 0 bridgehead atoms. The Morgan fingerprint density at radius 1 is 0.788 bits per heavy atom. The van der Waals surface area contributed by atoms with Crippen LogP contribution in [-0.4, -0.2) is 26.5 Å². The smallest absolute Gasteiger partial charge is 0.226 e. The molecule has 0 spiro atoms. The molecule has 0 aliphatic rings. The van der Waals surface area contributed by atoms with Crippen LogP contribution in [0.4, 0.5) is 22.7 Å². The number of hydrogen-bond donors (Lipinski definition) is 1. The molecule has 3 aromatic carbocycles. The van der Waals surface area contributed by atoms with Crippen LogP contribution in [0.1, 0.15) is 12.5 Å². The molecule has 0 amide bonds. The first-order valence-electron chi connectivity index (χ1n) is 10.9. The molecule has 0 radical (unpaired) electrons. The van der Waals surface area contributed by atoms with Crippen LogP contribution in [0.3, 0.4) is 0 Å². The lowest BCUT2D eigenvalue weighted by molar-refractivity contribution is -0.430. The topological polar surface area (TPSA) is 62.0 Å². The van der Waals surface area contributed by atoms with Gasteiger partial charge in [0.2, 0.25) is 11.3 Å². The summed E-state index contributed by atoms with van der Waals surface area (Å²) >= 11 is 0. The number of hydrogen-bond acceptors (Lipinski definition) is 4. The fourth-order valence-corrected chi connectivity index (χ4v) is 3.35. The van der Waals surface area contributed by atoms with Crippen molar-refractivity contribution < 1.29 is 4.58 Å². The van der Waals surface area contributed by atoms with E-state index < -0.39 is 0 Å². The summed E-state index contributed by atoms with van der Waals surface area (Å²) in [5, 5.41) is 13.2. The minimum atomic E-state index is 0.779. The van der Waals surface area contributed by atoms with E-state index in [0.717, 1.165) is 34.9 Å². The summed E-state index contributed by atoms with van der Waals surface area (Å²) in [5.41, 5.74) is 8.66. The van der Waals surface area contributed by atoms with E-state index in [1.54, 1.807) is 0 Å². The van der Waals surface area contributed by atoms with Gasteiger partial charge in [-0.3, -0.25) is 5.43 Å². The normalized spacial score (nSPS) is 11.7. The molecule has 0 fully saturated rings. The lowest BCUT2D eigenvalue weighted by Crippen LogP contribution is -2.23.